The maximum atomic E-state index is 14.0. The zero-order valence-electron chi connectivity index (χ0n) is 23.5. The van der Waals surface area contributed by atoms with Crippen molar-refractivity contribution in [2.24, 2.45) is 0 Å². The van der Waals surface area contributed by atoms with Gasteiger partial charge in [-0.25, -0.2) is 0 Å². The van der Waals surface area contributed by atoms with Crippen LogP contribution in [0.1, 0.15) is 58.4 Å². The summed E-state index contributed by atoms with van der Waals surface area (Å²) in [4.78, 5) is 29.6. The van der Waals surface area contributed by atoms with Crippen molar-refractivity contribution in [1.82, 2.24) is 10.2 Å². The Morgan fingerprint density at radius 1 is 0.900 bits per heavy atom. The highest BCUT2D eigenvalue weighted by atomic mass is 16.5. The third kappa shape index (κ3) is 5.06. The molecule has 2 heterocycles. The molecule has 0 unspecified atom stereocenters. The molecular weight excluding hydrogens is 508 g/mol. The van der Waals surface area contributed by atoms with E-state index < -0.39 is 12.0 Å². The van der Waals surface area contributed by atoms with E-state index >= 15 is 0 Å². The lowest BCUT2D eigenvalue weighted by atomic mass is 9.75. The Kier molecular flexibility index (Phi) is 8.14. The highest BCUT2D eigenvalue weighted by Gasteiger charge is 2.46. The number of carbonyl (C=O) groups excluding carboxylic acids is 2. The molecule has 0 aromatic heterocycles. The molecule has 1 N–H and O–H groups in total. The number of methoxy groups -OCH3 is 2. The lowest BCUT2D eigenvalue weighted by molar-refractivity contribution is -0.124. The van der Waals surface area contributed by atoms with Crippen molar-refractivity contribution in [3.63, 3.8) is 0 Å². The van der Waals surface area contributed by atoms with Crippen LogP contribution in [0.2, 0.25) is 0 Å². The Labute approximate surface area is 235 Å². The molecule has 0 saturated carbocycles. The van der Waals surface area contributed by atoms with Crippen molar-refractivity contribution in [1.29, 1.82) is 0 Å². The number of hydrogen-bond donors (Lipinski definition) is 1. The van der Waals surface area contributed by atoms with Crippen molar-refractivity contribution in [3.05, 3.63) is 82.4 Å². The van der Waals surface area contributed by atoms with Crippen LogP contribution in [0, 0.1) is 0 Å². The summed E-state index contributed by atoms with van der Waals surface area (Å²) in [6.45, 7) is 5.94. The summed E-state index contributed by atoms with van der Waals surface area (Å²) in [5, 5.41) is 3.16. The third-order valence-electron chi connectivity index (χ3n) is 7.63. The van der Waals surface area contributed by atoms with Gasteiger partial charge in [-0.15, -0.1) is 0 Å². The molecule has 2 aliphatic rings. The van der Waals surface area contributed by atoms with Crippen molar-refractivity contribution in [2.75, 3.05) is 40.5 Å². The summed E-state index contributed by atoms with van der Waals surface area (Å²) in [6, 6.07) is 17.0. The van der Waals surface area contributed by atoms with E-state index in [4.69, 9.17) is 18.9 Å². The van der Waals surface area contributed by atoms with Gasteiger partial charge in [0.25, 0.3) is 5.91 Å². The normalized spacial score (nSPS) is 17.3. The lowest BCUT2D eigenvalue weighted by Gasteiger charge is -2.45. The first-order chi connectivity index (χ1) is 19.5. The minimum atomic E-state index is -0.603. The van der Waals surface area contributed by atoms with Gasteiger partial charge in [0, 0.05) is 18.7 Å². The topological polar surface area (TPSA) is 86.3 Å². The predicted octanol–water partition coefficient (Wildman–Crippen LogP) is 4.70. The number of hydrogen-bond acceptors (Lipinski definition) is 6. The van der Waals surface area contributed by atoms with Gasteiger partial charge in [0.05, 0.1) is 39.4 Å². The molecule has 5 rings (SSSR count). The van der Waals surface area contributed by atoms with Gasteiger partial charge in [0.1, 0.15) is 0 Å². The number of amides is 2. The van der Waals surface area contributed by atoms with E-state index in [0.717, 1.165) is 23.1 Å². The number of fused-ring (bicyclic) bond motifs is 4. The first-order valence-corrected chi connectivity index (χ1v) is 13.8. The van der Waals surface area contributed by atoms with Crippen LogP contribution < -0.4 is 24.3 Å². The summed E-state index contributed by atoms with van der Waals surface area (Å²) in [5.74, 6) is 1.52. The molecular formula is C32H36N2O6. The van der Waals surface area contributed by atoms with E-state index in [1.165, 1.54) is 0 Å². The molecule has 8 nitrogen and oxygen atoms in total. The van der Waals surface area contributed by atoms with Gasteiger partial charge < -0.3 is 29.2 Å². The molecule has 3 aromatic rings. The predicted molar refractivity (Wildman–Crippen MR) is 152 cm³/mol. The summed E-state index contributed by atoms with van der Waals surface area (Å²) in [6.07, 6.45) is 1.36. The van der Waals surface area contributed by atoms with Crippen LogP contribution in [0.4, 0.5) is 0 Å². The molecule has 0 radical (unpaired) electrons. The summed E-state index contributed by atoms with van der Waals surface area (Å²) in [7, 11) is 3.10. The van der Waals surface area contributed by atoms with Gasteiger partial charge >= 0.3 is 0 Å². The van der Waals surface area contributed by atoms with E-state index in [-0.39, 0.29) is 11.8 Å². The Balaban J connectivity index is 1.45. The molecule has 40 heavy (non-hydrogen) atoms. The van der Waals surface area contributed by atoms with Crippen molar-refractivity contribution in [3.8, 4) is 23.0 Å². The smallest absolute Gasteiger partial charge is 0.254 e. The van der Waals surface area contributed by atoms with Gasteiger partial charge in [-0.05, 0) is 73.2 Å². The number of nitrogens with zero attached hydrogens (tertiary/aromatic N) is 1. The molecule has 2 aliphatic heterocycles. The quantitative estimate of drug-likeness (QED) is 0.398. The second-order valence-corrected chi connectivity index (χ2v) is 9.85. The SMILES string of the molecule is CCOc1ccc(CCNC(=O)[C@H]2c3cc(OC)c(OC)cc3C(=O)N3CCc4ccccc4[C@@H]23)cc1OCC. The van der Waals surface area contributed by atoms with E-state index in [9.17, 15) is 9.59 Å². The molecule has 0 saturated heterocycles. The average Bonchev–Trinajstić information content (AvgIpc) is 2.98. The number of ether oxygens (including phenoxy) is 4. The Morgan fingerprint density at radius 3 is 2.38 bits per heavy atom. The number of nitrogens with one attached hydrogen (secondary N) is 1. The minimum absolute atomic E-state index is 0.0997. The number of rotatable bonds is 10. The van der Waals surface area contributed by atoms with Gasteiger partial charge in [-0.1, -0.05) is 30.3 Å². The van der Waals surface area contributed by atoms with E-state index in [2.05, 4.69) is 11.4 Å². The maximum absolute atomic E-state index is 14.0. The van der Waals surface area contributed by atoms with Crippen LogP contribution in [0.25, 0.3) is 0 Å². The van der Waals surface area contributed by atoms with Crippen LogP contribution >= 0.6 is 0 Å². The van der Waals surface area contributed by atoms with Gasteiger partial charge in [0.2, 0.25) is 5.91 Å². The Hall–Kier alpha value is -4.20. The van der Waals surface area contributed by atoms with Crippen LogP contribution in [-0.2, 0) is 17.6 Å². The van der Waals surface area contributed by atoms with Gasteiger partial charge in [-0.2, -0.15) is 0 Å². The fourth-order valence-corrected chi connectivity index (χ4v) is 5.82. The van der Waals surface area contributed by atoms with Crippen LogP contribution in [0.5, 0.6) is 23.0 Å². The molecule has 0 aliphatic carbocycles. The van der Waals surface area contributed by atoms with Crippen molar-refractivity contribution in [2.45, 2.75) is 38.6 Å². The van der Waals surface area contributed by atoms with Crippen LogP contribution in [0.15, 0.2) is 54.6 Å². The molecule has 0 fully saturated rings. The zero-order chi connectivity index (χ0) is 28.2. The molecule has 0 bridgehead atoms. The van der Waals surface area contributed by atoms with Crippen molar-refractivity contribution >= 4 is 11.8 Å². The highest BCUT2D eigenvalue weighted by molar-refractivity contribution is 6.02. The largest absolute Gasteiger partial charge is 0.493 e. The Morgan fingerprint density at radius 2 is 1.62 bits per heavy atom. The second-order valence-electron chi connectivity index (χ2n) is 9.85. The lowest BCUT2D eigenvalue weighted by Crippen LogP contribution is -2.50. The maximum Gasteiger partial charge on any atom is 0.254 e. The molecule has 0 spiro atoms. The fourth-order valence-electron chi connectivity index (χ4n) is 5.82. The van der Waals surface area contributed by atoms with Crippen molar-refractivity contribution < 1.29 is 28.5 Å². The van der Waals surface area contributed by atoms with Gasteiger partial charge in [-0.3, -0.25) is 9.59 Å². The number of benzene rings is 3. The minimum Gasteiger partial charge on any atom is -0.493 e. The van der Waals surface area contributed by atoms with E-state index in [1.807, 2.05) is 55.1 Å². The third-order valence-corrected chi connectivity index (χ3v) is 7.63. The average molecular weight is 545 g/mol. The summed E-state index contributed by atoms with van der Waals surface area (Å²) >= 11 is 0. The molecule has 2 atom stereocenters. The Bertz CT molecular complexity index is 1400. The highest BCUT2D eigenvalue weighted by Crippen LogP contribution is 2.48. The van der Waals surface area contributed by atoms with Gasteiger partial charge in [0.15, 0.2) is 23.0 Å². The zero-order valence-corrected chi connectivity index (χ0v) is 23.5. The molecule has 210 valence electrons. The molecule has 3 aromatic carbocycles. The number of carbonyl (C=O) groups is 2. The monoisotopic (exact) mass is 544 g/mol. The second kappa shape index (κ2) is 11.9. The summed E-state index contributed by atoms with van der Waals surface area (Å²) in [5.41, 5.74) is 4.33. The first-order valence-electron chi connectivity index (χ1n) is 13.8. The standard InChI is InChI=1S/C32H36N2O6/c1-5-39-25-12-11-20(17-28(25)40-6-2)13-15-33-31(35)29-23-18-26(37-3)27(38-4)19-24(23)32(36)34-16-14-21-9-7-8-10-22(21)30(29)34/h7-12,17-19,29-30H,5-6,13-16H2,1-4H3,(H,33,35)/t29-,30-/m0/s1. The first kappa shape index (κ1) is 27.4. The van der Waals surface area contributed by atoms with E-state index in [0.29, 0.717) is 66.8 Å². The fraction of sp³-hybridized carbons (Fsp3) is 0.375. The molecule has 8 heteroatoms. The molecule has 2 amide bonds. The van der Waals surface area contributed by atoms with Crippen LogP contribution in [0.3, 0.4) is 0 Å². The van der Waals surface area contributed by atoms with Crippen LogP contribution in [-0.4, -0.2) is 57.2 Å². The summed E-state index contributed by atoms with van der Waals surface area (Å²) < 4.78 is 22.5. The van der Waals surface area contributed by atoms with E-state index in [1.54, 1.807) is 26.4 Å².